The van der Waals surface area contributed by atoms with E-state index in [1.807, 2.05) is 0 Å². The summed E-state index contributed by atoms with van der Waals surface area (Å²) in [5.41, 5.74) is 6.21. The van der Waals surface area contributed by atoms with Crippen LogP contribution in [-0.2, 0) is 0 Å². The number of nitrogens with zero attached hydrogens (tertiary/aromatic N) is 1. The third-order valence-electron chi connectivity index (χ3n) is 3.74. The molecule has 0 aromatic rings. The first-order chi connectivity index (χ1) is 6.16. The topological polar surface area (TPSA) is 29.3 Å². The van der Waals surface area contributed by atoms with Gasteiger partial charge in [0.2, 0.25) is 0 Å². The SMILES string of the molecule is CC1(N)CCN(CC2CCC2)CC1. The lowest BCUT2D eigenvalue weighted by Crippen LogP contribution is -2.49. The van der Waals surface area contributed by atoms with Crippen LogP contribution in [0.4, 0.5) is 0 Å². The normalized spacial score (nSPS) is 30.0. The van der Waals surface area contributed by atoms with Crippen LogP contribution < -0.4 is 5.73 Å². The molecule has 0 aromatic heterocycles. The Kier molecular flexibility index (Phi) is 2.61. The molecule has 0 bridgehead atoms. The quantitative estimate of drug-likeness (QED) is 0.703. The van der Waals surface area contributed by atoms with Gasteiger partial charge < -0.3 is 10.6 Å². The second kappa shape index (κ2) is 3.58. The summed E-state index contributed by atoms with van der Waals surface area (Å²) in [5, 5.41) is 0. The van der Waals surface area contributed by atoms with Crippen molar-refractivity contribution in [2.75, 3.05) is 19.6 Å². The minimum Gasteiger partial charge on any atom is -0.325 e. The Morgan fingerprint density at radius 1 is 1.31 bits per heavy atom. The second-order valence-electron chi connectivity index (χ2n) is 5.25. The van der Waals surface area contributed by atoms with E-state index in [9.17, 15) is 0 Å². The van der Waals surface area contributed by atoms with Gasteiger partial charge in [-0.1, -0.05) is 6.42 Å². The van der Waals surface area contributed by atoms with E-state index in [0.29, 0.717) is 0 Å². The summed E-state index contributed by atoms with van der Waals surface area (Å²) < 4.78 is 0. The molecule has 0 radical (unpaired) electrons. The fourth-order valence-corrected chi connectivity index (χ4v) is 2.29. The van der Waals surface area contributed by atoms with Crippen LogP contribution in [0, 0.1) is 5.92 Å². The number of piperidine rings is 1. The molecule has 0 spiro atoms. The molecule has 0 unspecified atom stereocenters. The highest BCUT2D eigenvalue weighted by atomic mass is 15.1. The molecule has 1 aliphatic carbocycles. The maximum Gasteiger partial charge on any atom is 0.0150 e. The van der Waals surface area contributed by atoms with Crippen molar-refractivity contribution >= 4 is 0 Å². The number of hydrogen-bond donors (Lipinski definition) is 1. The molecular weight excluding hydrogens is 160 g/mol. The van der Waals surface area contributed by atoms with E-state index in [1.165, 1.54) is 51.7 Å². The predicted octanol–water partition coefficient (Wildman–Crippen LogP) is 1.60. The van der Waals surface area contributed by atoms with Crippen molar-refractivity contribution in [2.45, 2.75) is 44.6 Å². The Morgan fingerprint density at radius 3 is 2.38 bits per heavy atom. The summed E-state index contributed by atoms with van der Waals surface area (Å²) in [6, 6.07) is 0. The van der Waals surface area contributed by atoms with Crippen molar-refractivity contribution in [2.24, 2.45) is 11.7 Å². The third kappa shape index (κ3) is 2.44. The zero-order chi connectivity index (χ0) is 9.31. The summed E-state index contributed by atoms with van der Waals surface area (Å²) in [5.74, 6) is 1.02. The van der Waals surface area contributed by atoms with E-state index in [-0.39, 0.29) is 5.54 Å². The Balaban J connectivity index is 1.71. The van der Waals surface area contributed by atoms with Crippen molar-refractivity contribution in [1.82, 2.24) is 4.90 Å². The highest BCUT2D eigenvalue weighted by molar-refractivity contribution is 4.87. The molecule has 2 rings (SSSR count). The summed E-state index contributed by atoms with van der Waals surface area (Å²) >= 11 is 0. The van der Waals surface area contributed by atoms with Gasteiger partial charge in [0, 0.05) is 12.1 Å². The van der Waals surface area contributed by atoms with Crippen molar-refractivity contribution in [3.63, 3.8) is 0 Å². The van der Waals surface area contributed by atoms with E-state index in [2.05, 4.69) is 11.8 Å². The summed E-state index contributed by atoms with van der Waals surface area (Å²) in [4.78, 5) is 2.61. The van der Waals surface area contributed by atoms with E-state index in [0.717, 1.165) is 5.92 Å². The molecule has 2 heteroatoms. The largest absolute Gasteiger partial charge is 0.325 e. The molecule has 2 fully saturated rings. The Hall–Kier alpha value is -0.0800. The van der Waals surface area contributed by atoms with Crippen LogP contribution >= 0.6 is 0 Å². The molecule has 1 saturated heterocycles. The average molecular weight is 182 g/mol. The van der Waals surface area contributed by atoms with Gasteiger partial charge in [-0.2, -0.15) is 0 Å². The first-order valence-corrected chi connectivity index (χ1v) is 5.67. The molecule has 1 heterocycles. The Labute approximate surface area is 81.5 Å². The van der Waals surface area contributed by atoms with Gasteiger partial charge in [-0.15, -0.1) is 0 Å². The van der Waals surface area contributed by atoms with Crippen molar-refractivity contribution in [1.29, 1.82) is 0 Å². The van der Waals surface area contributed by atoms with Gasteiger partial charge >= 0.3 is 0 Å². The van der Waals surface area contributed by atoms with Crippen LogP contribution in [-0.4, -0.2) is 30.1 Å². The van der Waals surface area contributed by atoms with E-state index in [1.54, 1.807) is 0 Å². The second-order valence-corrected chi connectivity index (χ2v) is 5.25. The van der Waals surface area contributed by atoms with Crippen LogP contribution in [0.25, 0.3) is 0 Å². The van der Waals surface area contributed by atoms with E-state index >= 15 is 0 Å². The first-order valence-electron chi connectivity index (χ1n) is 5.67. The van der Waals surface area contributed by atoms with Crippen LogP contribution in [0.1, 0.15) is 39.0 Å². The number of rotatable bonds is 2. The molecule has 2 aliphatic rings. The molecule has 0 aromatic carbocycles. The number of nitrogens with two attached hydrogens (primary N) is 1. The first kappa shape index (κ1) is 9.47. The zero-order valence-corrected chi connectivity index (χ0v) is 8.76. The number of hydrogen-bond acceptors (Lipinski definition) is 2. The molecule has 13 heavy (non-hydrogen) atoms. The van der Waals surface area contributed by atoms with Crippen LogP contribution in [0.15, 0.2) is 0 Å². The molecular formula is C11H22N2. The van der Waals surface area contributed by atoms with Crippen LogP contribution in [0.5, 0.6) is 0 Å². The van der Waals surface area contributed by atoms with Gasteiger partial charge in [-0.3, -0.25) is 0 Å². The summed E-state index contributed by atoms with van der Waals surface area (Å²) in [6.07, 6.45) is 6.76. The zero-order valence-electron chi connectivity index (χ0n) is 8.76. The van der Waals surface area contributed by atoms with Crippen LogP contribution in [0.2, 0.25) is 0 Å². The van der Waals surface area contributed by atoms with Crippen molar-refractivity contribution < 1.29 is 0 Å². The maximum absolute atomic E-state index is 6.09. The van der Waals surface area contributed by atoms with Gasteiger partial charge in [0.25, 0.3) is 0 Å². The molecule has 1 aliphatic heterocycles. The third-order valence-corrected chi connectivity index (χ3v) is 3.74. The lowest BCUT2D eigenvalue weighted by Gasteiger charge is -2.39. The van der Waals surface area contributed by atoms with Crippen LogP contribution in [0.3, 0.4) is 0 Å². The van der Waals surface area contributed by atoms with Gasteiger partial charge in [-0.05, 0) is 51.6 Å². The lowest BCUT2D eigenvalue weighted by atomic mass is 9.84. The molecule has 76 valence electrons. The molecule has 0 amide bonds. The fraction of sp³-hybridized carbons (Fsp3) is 1.00. The lowest BCUT2D eigenvalue weighted by molar-refractivity contribution is 0.125. The fourth-order valence-electron chi connectivity index (χ4n) is 2.29. The molecule has 2 N–H and O–H groups in total. The summed E-state index contributed by atoms with van der Waals surface area (Å²) in [6.45, 7) is 5.98. The highest BCUT2D eigenvalue weighted by Crippen LogP contribution is 2.28. The standard InChI is InChI=1S/C11H22N2/c1-11(12)5-7-13(8-6-11)9-10-3-2-4-10/h10H,2-9,12H2,1H3. The van der Waals surface area contributed by atoms with Gasteiger partial charge in [0.15, 0.2) is 0 Å². The number of likely N-dealkylation sites (tertiary alicyclic amines) is 1. The van der Waals surface area contributed by atoms with Crippen molar-refractivity contribution in [3.8, 4) is 0 Å². The van der Waals surface area contributed by atoms with E-state index in [4.69, 9.17) is 5.73 Å². The average Bonchev–Trinajstić information content (AvgIpc) is 1.99. The van der Waals surface area contributed by atoms with E-state index < -0.39 is 0 Å². The summed E-state index contributed by atoms with van der Waals surface area (Å²) in [7, 11) is 0. The smallest absolute Gasteiger partial charge is 0.0150 e. The molecule has 1 saturated carbocycles. The van der Waals surface area contributed by atoms with Crippen molar-refractivity contribution in [3.05, 3.63) is 0 Å². The van der Waals surface area contributed by atoms with Gasteiger partial charge in [0.1, 0.15) is 0 Å². The Bertz CT molecular complexity index is 163. The van der Waals surface area contributed by atoms with Gasteiger partial charge in [0.05, 0.1) is 0 Å². The minimum absolute atomic E-state index is 0.121. The molecule has 0 atom stereocenters. The predicted molar refractivity (Wildman–Crippen MR) is 55.6 cm³/mol. The monoisotopic (exact) mass is 182 g/mol. The maximum atomic E-state index is 6.09. The highest BCUT2D eigenvalue weighted by Gasteiger charge is 2.28. The van der Waals surface area contributed by atoms with Gasteiger partial charge in [-0.25, -0.2) is 0 Å². The molecule has 2 nitrogen and oxygen atoms in total. The minimum atomic E-state index is 0.121. The Morgan fingerprint density at radius 2 is 1.92 bits per heavy atom.